The minimum Gasteiger partial charge on any atom is -0.321 e. The second-order valence-electron chi connectivity index (χ2n) is 6.52. The zero-order valence-electron chi connectivity index (χ0n) is 15.5. The first-order valence-corrected chi connectivity index (χ1v) is 8.63. The fourth-order valence-electron chi connectivity index (χ4n) is 2.88. The van der Waals surface area contributed by atoms with Crippen LogP contribution in [0.25, 0.3) is 16.7 Å². The lowest BCUT2D eigenvalue weighted by Gasteiger charge is -2.11. The topological polar surface area (TPSA) is 59.8 Å². The lowest BCUT2D eigenvalue weighted by molar-refractivity contribution is 0.101. The molecule has 0 aliphatic rings. The highest BCUT2D eigenvalue weighted by atomic mass is 19.2. The molecule has 0 radical (unpaired) electrons. The Hall–Kier alpha value is -3.89. The second kappa shape index (κ2) is 7.42. The van der Waals surface area contributed by atoms with E-state index in [2.05, 4.69) is 15.5 Å². The summed E-state index contributed by atoms with van der Waals surface area (Å²) in [6.07, 6.45) is 0. The molecule has 5 nitrogen and oxygen atoms in total. The van der Waals surface area contributed by atoms with Crippen molar-refractivity contribution < 1.29 is 31.1 Å². The molecule has 1 amide bonds. The zero-order valence-corrected chi connectivity index (χ0v) is 15.5. The predicted molar refractivity (Wildman–Crippen MR) is 97.7 cm³/mol. The standard InChI is InChI=1S/C20H10F6N4O/c1-8-6-12-13(29-30(28-12)10-4-2-9(21)3-5-10)7-11(8)27-20(31)14-15(22)17(24)19(26)18(25)16(14)23/h2-7H,1H3,(H,27,31). The third-order valence-corrected chi connectivity index (χ3v) is 4.47. The molecule has 158 valence electrons. The number of amides is 1. The summed E-state index contributed by atoms with van der Waals surface area (Å²) in [6.45, 7) is 1.53. The van der Waals surface area contributed by atoms with Crippen molar-refractivity contribution in [1.82, 2.24) is 15.0 Å². The van der Waals surface area contributed by atoms with Gasteiger partial charge in [0.2, 0.25) is 5.82 Å². The molecule has 1 heterocycles. The molecular weight excluding hydrogens is 426 g/mol. The van der Waals surface area contributed by atoms with Crippen LogP contribution >= 0.6 is 0 Å². The first kappa shape index (κ1) is 20.4. The highest BCUT2D eigenvalue weighted by molar-refractivity contribution is 6.05. The van der Waals surface area contributed by atoms with Crippen molar-refractivity contribution in [3.63, 3.8) is 0 Å². The van der Waals surface area contributed by atoms with Gasteiger partial charge >= 0.3 is 0 Å². The maximum Gasteiger partial charge on any atom is 0.261 e. The molecule has 1 N–H and O–H groups in total. The lowest BCUT2D eigenvalue weighted by atomic mass is 10.1. The number of carbonyl (C=O) groups excluding carboxylic acids is 1. The number of aromatic nitrogens is 3. The molecule has 0 unspecified atom stereocenters. The summed E-state index contributed by atoms with van der Waals surface area (Å²) < 4.78 is 80.9. The number of nitrogens with one attached hydrogen (secondary N) is 1. The van der Waals surface area contributed by atoms with Gasteiger partial charge in [-0.25, -0.2) is 26.3 Å². The maximum absolute atomic E-state index is 13.9. The van der Waals surface area contributed by atoms with Crippen molar-refractivity contribution in [3.8, 4) is 5.69 Å². The van der Waals surface area contributed by atoms with Crippen molar-refractivity contribution in [1.29, 1.82) is 0 Å². The first-order chi connectivity index (χ1) is 14.7. The van der Waals surface area contributed by atoms with Gasteiger partial charge < -0.3 is 5.32 Å². The molecular formula is C20H10F6N4O. The van der Waals surface area contributed by atoms with E-state index < -0.39 is 46.4 Å². The minimum atomic E-state index is -2.36. The maximum atomic E-state index is 13.9. The average Bonchev–Trinajstić information content (AvgIpc) is 3.14. The van der Waals surface area contributed by atoms with Crippen molar-refractivity contribution in [3.05, 3.63) is 82.4 Å². The van der Waals surface area contributed by atoms with Gasteiger partial charge in [-0.15, -0.1) is 10.2 Å². The quantitative estimate of drug-likeness (QED) is 0.285. The van der Waals surface area contributed by atoms with E-state index >= 15 is 0 Å². The van der Waals surface area contributed by atoms with Crippen LogP contribution in [0, 0.1) is 41.8 Å². The molecule has 0 fully saturated rings. The third kappa shape index (κ3) is 3.47. The Bertz CT molecular complexity index is 1320. The number of aryl methyl sites for hydroxylation is 1. The summed E-state index contributed by atoms with van der Waals surface area (Å²) in [7, 11) is 0. The molecule has 0 saturated heterocycles. The fraction of sp³-hybridized carbons (Fsp3) is 0.0500. The van der Waals surface area contributed by atoms with E-state index in [1.807, 2.05) is 0 Å². The van der Waals surface area contributed by atoms with Gasteiger partial charge in [-0.1, -0.05) is 0 Å². The SMILES string of the molecule is Cc1cc2nn(-c3ccc(F)cc3)nc2cc1NC(=O)c1c(F)c(F)c(F)c(F)c1F. The Morgan fingerprint density at radius 3 is 1.90 bits per heavy atom. The van der Waals surface area contributed by atoms with Crippen LogP contribution in [-0.4, -0.2) is 20.9 Å². The normalized spacial score (nSPS) is 11.2. The first-order valence-electron chi connectivity index (χ1n) is 8.63. The molecule has 4 rings (SSSR count). The highest BCUT2D eigenvalue weighted by Crippen LogP contribution is 2.26. The number of benzene rings is 3. The smallest absolute Gasteiger partial charge is 0.261 e. The van der Waals surface area contributed by atoms with E-state index in [0.29, 0.717) is 16.8 Å². The molecule has 0 aliphatic carbocycles. The number of rotatable bonds is 3. The van der Waals surface area contributed by atoms with Crippen LogP contribution in [0.3, 0.4) is 0 Å². The van der Waals surface area contributed by atoms with Gasteiger partial charge in [-0.2, -0.15) is 4.80 Å². The number of fused-ring (bicyclic) bond motifs is 1. The molecule has 0 bridgehead atoms. The van der Waals surface area contributed by atoms with Crippen LogP contribution < -0.4 is 5.32 Å². The van der Waals surface area contributed by atoms with E-state index in [-0.39, 0.29) is 11.2 Å². The Morgan fingerprint density at radius 1 is 0.806 bits per heavy atom. The lowest BCUT2D eigenvalue weighted by Crippen LogP contribution is -2.19. The van der Waals surface area contributed by atoms with Crippen molar-refractivity contribution in [2.24, 2.45) is 0 Å². The van der Waals surface area contributed by atoms with Crippen molar-refractivity contribution in [2.45, 2.75) is 6.92 Å². The Labute approximate surface area is 169 Å². The van der Waals surface area contributed by atoms with E-state index in [0.717, 1.165) is 0 Å². The van der Waals surface area contributed by atoms with Crippen LogP contribution in [0.4, 0.5) is 32.0 Å². The number of halogens is 6. The second-order valence-corrected chi connectivity index (χ2v) is 6.52. The van der Waals surface area contributed by atoms with Gasteiger partial charge in [0.05, 0.1) is 5.69 Å². The molecule has 31 heavy (non-hydrogen) atoms. The van der Waals surface area contributed by atoms with Crippen molar-refractivity contribution >= 4 is 22.6 Å². The number of carbonyl (C=O) groups is 1. The molecule has 0 atom stereocenters. The van der Waals surface area contributed by atoms with Crippen LogP contribution in [0.5, 0.6) is 0 Å². The van der Waals surface area contributed by atoms with E-state index in [1.165, 1.54) is 48.1 Å². The summed E-state index contributed by atoms with van der Waals surface area (Å²) in [5.41, 5.74) is -0.115. The molecule has 3 aromatic carbocycles. The van der Waals surface area contributed by atoms with E-state index in [9.17, 15) is 31.1 Å². The Balaban J connectivity index is 1.72. The molecule has 0 aliphatic heterocycles. The molecule has 11 heteroatoms. The summed E-state index contributed by atoms with van der Waals surface area (Å²) in [5, 5.41) is 10.5. The van der Waals surface area contributed by atoms with Crippen LogP contribution in [0.1, 0.15) is 15.9 Å². The van der Waals surface area contributed by atoms with Crippen molar-refractivity contribution in [2.75, 3.05) is 5.32 Å². The number of nitrogens with zero attached hydrogens (tertiary/aromatic N) is 3. The number of anilines is 1. The van der Waals surface area contributed by atoms with Gasteiger partial charge in [0.1, 0.15) is 22.4 Å². The molecule has 1 aromatic heterocycles. The van der Waals surface area contributed by atoms with Gasteiger partial charge in [-0.3, -0.25) is 4.79 Å². The largest absolute Gasteiger partial charge is 0.321 e. The summed E-state index contributed by atoms with van der Waals surface area (Å²) >= 11 is 0. The fourth-order valence-corrected chi connectivity index (χ4v) is 2.88. The van der Waals surface area contributed by atoms with Crippen LogP contribution in [0.2, 0.25) is 0 Å². The van der Waals surface area contributed by atoms with Gasteiger partial charge in [-0.05, 0) is 48.9 Å². The molecule has 4 aromatic rings. The predicted octanol–water partition coefficient (Wildman–Crippen LogP) is 4.82. The summed E-state index contributed by atoms with van der Waals surface area (Å²) in [6, 6.07) is 8.12. The van der Waals surface area contributed by atoms with Gasteiger partial charge in [0, 0.05) is 5.69 Å². The Kier molecular flexibility index (Phi) is 4.88. The molecule has 0 spiro atoms. The monoisotopic (exact) mass is 436 g/mol. The minimum absolute atomic E-state index is 0.0209. The summed E-state index contributed by atoms with van der Waals surface area (Å²) in [5.74, 6) is -13.3. The molecule has 0 saturated carbocycles. The average molecular weight is 436 g/mol. The van der Waals surface area contributed by atoms with Gasteiger partial charge in [0.25, 0.3) is 5.91 Å². The number of hydrogen-bond acceptors (Lipinski definition) is 3. The van der Waals surface area contributed by atoms with E-state index in [4.69, 9.17) is 0 Å². The number of hydrogen-bond donors (Lipinski definition) is 1. The zero-order chi connectivity index (χ0) is 22.4. The Morgan fingerprint density at radius 2 is 1.32 bits per heavy atom. The van der Waals surface area contributed by atoms with Gasteiger partial charge in [0.15, 0.2) is 23.3 Å². The third-order valence-electron chi connectivity index (χ3n) is 4.47. The summed E-state index contributed by atoms with van der Waals surface area (Å²) in [4.78, 5) is 13.5. The highest BCUT2D eigenvalue weighted by Gasteiger charge is 2.30. The van der Waals surface area contributed by atoms with E-state index in [1.54, 1.807) is 0 Å². The van der Waals surface area contributed by atoms with Crippen LogP contribution in [-0.2, 0) is 0 Å². The van der Waals surface area contributed by atoms with Crippen LogP contribution in [0.15, 0.2) is 36.4 Å².